The fraction of sp³-hybridized carbons (Fsp3) is 0.364. The van der Waals surface area contributed by atoms with E-state index in [1.54, 1.807) is 25.3 Å². The molecule has 2 N–H and O–H groups in total. The van der Waals surface area contributed by atoms with E-state index in [1.165, 1.54) is 30.6 Å². The number of halogens is 1. The van der Waals surface area contributed by atoms with Gasteiger partial charge in [-0.15, -0.1) is 11.3 Å². The van der Waals surface area contributed by atoms with Gasteiger partial charge in [0.05, 0.1) is 12.7 Å². The number of methoxy groups -OCH3 is 1. The normalized spacial score (nSPS) is 23.6. The molecule has 2 atom stereocenters. The molecule has 10 heteroatoms. The van der Waals surface area contributed by atoms with Crippen molar-refractivity contribution in [3.05, 3.63) is 63.5 Å². The average molecular weight is 459 g/mol. The number of hydrogen-bond donors (Lipinski definition) is 2. The van der Waals surface area contributed by atoms with E-state index in [9.17, 15) is 19.1 Å². The van der Waals surface area contributed by atoms with Crippen molar-refractivity contribution in [1.29, 1.82) is 0 Å². The summed E-state index contributed by atoms with van der Waals surface area (Å²) in [6.07, 6.45) is 2.94. The maximum atomic E-state index is 13.6. The lowest BCUT2D eigenvalue weighted by molar-refractivity contribution is -0.142. The number of ether oxygens (including phenoxy) is 1. The molecule has 168 valence electrons. The first-order valence-electron chi connectivity index (χ1n) is 10.1. The molecule has 0 spiro atoms. The Morgan fingerprint density at radius 2 is 2.12 bits per heavy atom. The van der Waals surface area contributed by atoms with Crippen LogP contribution in [0.1, 0.15) is 30.3 Å². The van der Waals surface area contributed by atoms with Crippen LogP contribution in [-0.4, -0.2) is 59.0 Å². The van der Waals surface area contributed by atoms with E-state index < -0.39 is 29.3 Å². The first-order valence-corrected chi connectivity index (χ1v) is 11.0. The summed E-state index contributed by atoms with van der Waals surface area (Å²) in [6, 6.07) is 5.16. The van der Waals surface area contributed by atoms with Crippen molar-refractivity contribution in [3.8, 4) is 0 Å². The van der Waals surface area contributed by atoms with E-state index in [0.717, 1.165) is 6.42 Å². The smallest absolute Gasteiger partial charge is 0.338 e. The molecule has 2 aliphatic rings. The Morgan fingerprint density at radius 3 is 2.75 bits per heavy atom. The molecule has 0 saturated carbocycles. The third-order valence-corrected chi connectivity index (χ3v) is 6.61. The highest BCUT2D eigenvalue weighted by Gasteiger charge is 2.43. The number of carboxylic acids is 1. The lowest BCUT2D eigenvalue weighted by Gasteiger charge is -2.36. The number of likely N-dealkylation sites (tertiary alicyclic amines) is 1. The number of nitrogens with zero attached hydrogens (tertiary/aromatic N) is 3. The number of aliphatic imine (C=N–C) groups is 1. The van der Waals surface area contributed by atoms with Gasteiger partial charge in [0.15, 0.2) is 10.8 Å². The molecular formula is C22H23FN4O4S. The average Bonchev–Trinajstić information content (AvgIpc) is 3.46. The van der Waals surface area contributed by atoms with Gasteiger partial charge in [0.2, 0.25) is 0 Å². The van der Waals surface area contributed by atoms with E-state index >= 15 is 0 Å². The van der Waals surface area contributed by atoms with Gasteiger partial charge in [-0.25, -0.2) is 19.2 Å². The molecule has 0 bridgehead atoms. The summed E-state index contributed by atoms with van der Waals surface area (Å²) in [5, 5.41) is 15.3. The predicted octanol–water partition coefficient (Wildman–Crippen LogP) is 2.52. The van der Waals surface area contributed by atoms with Crippen LogP contribution in [0, 0.1) is 5.82 Å². The fourth-order valence-corrected chi connectivity index (χ4v) is 4.85. The van der Waals surface area contributed by atoms with Crippen LogP contribution in [0.25, 0.3) is 0 Å². The number of thiazole rings is 1. The van der Waals surface area contributed by atoms with E-state index in [-0.39, 0.29) is 12.1 Å². The second-order valence-corrected chi connectivity index (χ2v) is 8.71. The second-order valence-electron chi connectivity index (χ2n) is 7.81. The number of carbonyl (C=O) groups is 2. The number of esters is 1. The van der Waals surface area contributed by atoms with E-state index in [2.05, 4.69) is 10.3 Å². The van der Waals surface area contributed by atoms with Crippen molar-refractivity contribution < 1.29 is 23.8 Å². The van der Waals surface area contributed by atoms with Gasteiger partial charge in [-0.1, -0.05) is 12.1 Å². The first kappa shape index (κ1) is 22.1. The number of aromatic nitrogens is 1. The van der Waals surface area contributed by atoms with Gasteiger partial charge < -0.3 is 15.2 Å². The van der Waals surface area contributed by atoms with E-state index in [4.69, 9.17) is 9.73 Å². The van der Waals surface area contributed by atoms with Crippen LogP contribution in [0.5, 0.6) is 0 Å². The Morgan fingerprint density at radius 1 is 1.38 bits per heavy atom. The molecule has 32 heavy (non-hydrogen) atoms. The highest BCUT2D eigenvalue weighted by molar-refractivity contribution is 7.11. The predicted molar refractivity (Wildman–Crippen MR) is 117 cm³/mol. The summed E-state index contributed by atoms with van der Waals surface area (Å²) < 4.78 is 18.7. The van der Waals surface area contributed by atoms with Gasteiger partial charge in [-0.3, -0.25) is 9.69 Å². The standard InChI is InChI=1S/C22H23FN4O4S/c1-22(13-5-7-14(23)8-6-13)17(21(30)31-2)15(12-27-10-3-4-16(27)20(28)29)25-18(26-22)19-24-9-11-32-19/h5-9,11,16H,3-4,10,12H2,1-2H3,(H,25,26)(H,28,29)/t16-,22-/m0/s1. The third-order valence-electron chi connectivity index (χ3n) is 5.83. The highest BCUT2D eigenvalue weighted by Crippen LogP contribution is 2.39. The lowest BCUT2D eigenvalue weighted by atomic mass is 9.82. The van der Waals surface area contributed by atoms with Gasteiger partial charge in [0, 0.05) is 23.8 Å². The minimum atomic E-state index is -1.19. The minimum Gasteiger partial charge on any atom is -0.480 e. The number of amidine groups is 1. The summed E-state index contributed by atoms with van der Waals surface area (Å²) in [5.41, 5.74) is 0.157. The van der Waals surface area contributed by atoms with Crippen molar-refractivity contribution in [2.45, 2.75) is 31.3 Å². The van der Waals surface area contributed by atoms with Gasteiger partial charge in [-0.2, -0.15) is 0 Å². The zero-order valence-electron chi connectivity index (χ0n) is 17.7. The fourth-order valence-electron chi connectivity index (χ4n) is 4.27. The Labute approximate surface area is 188 Å². The molecule has 1 aromatic carbocycles. The number of carboxylic acid groups (broad SMARTS) is 1. The summed E-state index contributed by atoms with van der Waals surface area (Å²) in [5.74, 6) is -1.43. The van der Waals surface area contributed by atoms with E-state index in [0.29, 0.717) is 35.1 Å². The summed E-state index contributed by atoms with van der Waals surface area (Å²) >= 11 is 1.38. The molecule has 8 nitrogen and oxygen atoms in total. The van der Waals surface area contributed by atoms with Crippen LogP contribution in [0.4, 0.5) is 4.39 Å². The van der Waals surface area contributed by atoms with Crippen LogP contribution in [0.15, 0.2) is 52.1 Å². The molecule has 0 unspecified atom stereocenters. The Balaban J connectivity index is 1.86. The second kappa shape index (κ2) is 8.79. The van der Waals surface area contributed by atoms with Crippen LogP contribution >= 0.6 is 11.3 Å². The molecule has 0 aliphatic carbocycles. The molecule has 0 radical (unpaired) electrons. The molecule has 4 rings (SSSR count). The molecule has 0 amide bonds. The zero-order valence-corrected chi connectivity index (χ0v) is 18.5. The van der Waals surface area contributed by atoms with Crippen molar-refractivity contribution in [3.63, 3.8) is 0 Å². The number of carbonyl (C=O) groups excluding carboxylic acids is 1. The zero-order chi connectivity index (χ0) is 22.9. The van der Waals surface area contributed by atoms with Gasteiger partial charge in [-0.05, 0) is 44.0 Å². The molecule has 3 heterocycles. The van der Waals surface area contributed by atoms with Gasteiger partial charge in [0.1, 0.15) is 17.4 Å². The number of benzene rings is 1. The summed E-state index contributed by atoms with van der Waals surface area (Å²) in [6.45, 7) is 2.55. The number of nitrogens with one attached hydrogen (secondary N) is 1. The Bertz CT molecular complexity index is 1080. The third kappa shape index (κ3) is 4.03. The lowest BCUT2D eigenvalue weighted by Crippen LogP contribution is -2.46. The van der Waals surface area contributed by atoms with Crippen LogP contribution in [0.2, 0.25) is 0 Å². The summed E-state index contributed by atoms with van der Waals surface area (Å²) in [4.78, 5) is 35.7. The molecule has 1 saturated heterocycles. The molecule has 2 aromatic rings. The quantitative estimate of drug-likeness (QED) is 0.641. The van der Waals surface area contributed by atoms with E-state index in [1.807, 2.05) is 10.3 Å². The van der Waals surface area contributed by atoms with Crippen molar-refractivity contribution >= 4 is 29.1 Å². The minimum absolute atomic E-state index is 0.197. The first-order chi connectivity index (χ1) is 15.3. The summed E-state index contributed by atoms with van der Waals surface area (Å²) in [7, 11) is 1.29. The monoisotopic (exact) mass is 458 g/mol. The number of rotatable bonds is 6. The molecule has 2 aliphatic heterocycles. The number of hydrogen-bond acceptors (Lipinski definition) is 8. The van der Waals surface area contributed by atoms with Crippen LogP contribution < -0.4 is 5.32 Å². The maximum Gasteiger partial charge on any atom is 0.338 e. The highest BCUT2D eigenvalue weighted by atomic mass is 32.1. The van der Waals surface area contributed by atoms with Crippen molar-refractivity contribution in [2.75, 3.05) is 20.2 Å². The maximum absolute atomic E-state index is 13.6. The van der Waals surface area contributed by atoms with Crippen LogP contribution in [-0.2, 0) is 19.9 Å². The van der Waals surface area contributed by atoms with Crippen molar-refractivity contribution in [1.82, 2.24) is 15.2 Å². The molecular weight excluding hydrogens is 435 g/mol. The Kier molecular flexibility index (Phi) is 6.07. The Hall–Kier alpha value is -3.11. The SMILES string of the molecule is COC(=O)C1=C(CN2CCC[C@H]2C(=O)O)NC(c2nccs2)=N[C@@]1(C)c1ccc(F)cc1. The van der Waals surface area contributed by atoms with Crippen molar-refractivity contribution in [2.24, 2.45) is 4.99 Å². The van der Waals surface area contributed by atoms with Gasteiger partial charge >= 0.3 is 11.9 Å². The topological polar surface area (TPSA) is 104 Å². The van der Waals surface area contributed by atoms with Crippen LogP contribution in [0.3, 0.4) is 0 Å². The van der Waals surface area contributed by atoms with Gasteiger partial charge in [0.25, 0.3) is 0 Å². The molecule has 1 aromatic heterocycles. The molecule has 1 fully saturated rings. The number of aliphatic carboxylic acids is 1. The largest absolute Gasteiger partial charge is 0.480 e.